The Morgan fingerprint density at radius 2 is 2.06 bits per heavy atom. The summed E-state index contributed by atoms with van der Waals surface area (Å²) in [6.07, 6.45) is 1.19. The molecule has 1 aromatic carbocycles. The van der Waals surface area contributed by atoms with Gasteiger partial charge in [-0.1, -0.05) is 13.0 Å². The molecular weight excluding hydrogens is 202 g/mol. The Morgan fingerprint density at radius 3 is 2.56 bits per heavy atom. The lowest BCUT2D eigenvalue weighted by Crippen LogP contribution is -2.22. The molecule has 0 saturated heterocycles. The SMILES string of the molecule is CCC(CC(O)CN)c1ccc(O)cc1C. The molecule has 2 atom stereocenters. The number of rotatable bonds is 5. The van der Waals surface area contributed by atoms with E-state index in [0.29, 0.717) is 18.9 Å². The lowest BCUT2D eigenvalue weighted by molar-refractivity contribution is 0.162. The molecule has 0 heterocycles. The van der Waals surface area contributed by atoms with Crippen LogP contribution in [0.15, 0.2) is 18.2 Å². The molecule has 0 amide bonds. The summed E-state index contributed by atoms with van der Waals surface area (Å²) in [5.74, 6) is 0.592. The molecule has 3 heteroatoms. The first-order chi connectivity index (χ1) is 7.58. The predicted molar refractivity (Wildman–Crippen MR) is 65.6 cm³/mol. The zero-order valence-corrected chi connectivity index (χ0v) is 9.98. The van der Waals surface area contributed by atoms with Crippen LogP contribution in [0.5, 0.6) is 5.75 Å². The van der Waals surface area contributed by atoms with Gasteiger partial charge in [0, 0.05) is 6.54 Å². The van der Waals surface area contributed by atoms with E-state index in [2.05, 4.69) is 6.92 Å². The van der Waals surface area contributed by atoms with Crippen molar-refractivity contribution >= 4 is 0 Å². The van der Waals surface area contributed by atoms with E-state index in [1.54, 1.807) is 12.1 Å². The van der Waals surface area contributed by atoms with Crippen molar-refractivity contribution in [3.63, 3.8) is 0 Å². The van der Waals surface area contributed by atoms with E-state index in [4.69, 9.17) is 5.73 Å². The maximum absolute atomic E-state index is 9.59. The van der Waals surface area contributed by atoms with Crippen molar-refractivity contribution in [3.8, 4) is 5.75 Å². The summed E-state index contributed by atoms with van der Waals surface area (Å²) >= 11 is 0. The third-order valence-corrected chi connectivity index (χ3v) is 3.01. The molecule has 0 aromatic heterocycles. The summed E-state index contributed by atoms with van der Waals surface area (Å²) < 4.78 is 0. The van der Waals surface area contributed by atoms with Crippen molar-refractivity contribution in [3.05, 3.63) is 29.3 Å². The van der Waals surface area contributed by atoms with Gasteiger partial charge in [0.05, 0.1) is 6.10 Å². The molecule has 90 valence electrons. The molecule has 16 heavy (non-hydrogen) atoms. The van der Waals surface area contributed by atoms with Crippen molar-refractivity contribution < 1.29 is 10.2 Å². The zero-order valence-electron chi connectivity index (χ0n) is 9.98. The Labute approximate surface area is 96.9 Å². The van der Waals surface area contributed by atoms with Gasteiger partial charge in [-0.25, -0.2) is 0 Å². The van der Waals surface area contributed by atoms with Crippen molar-refractivity contribution in [1.29, 1.82) is 0 Å². The molecule has 0 radical (unpaired) electrons. The number of nitrogens with two attached hydrogens (primary N) is 1. The Bertz CT molecular complexity index is 339. The average molecular weight is 223 g/mol. The van der Waals surface area contributed by atoms with E-state index in [0.717, 1.165) is 12.0 Å². The standard InChI is InChI=1S/C13H21NO2/c1-3-10(7-12(16)8-14)13-5-4-11(15)6-9(13)2/h4-6,10,12,15-16H,3,7-8,14H2,1-2H3. The number of phenolic OH excluding ortho intramolecular Hbond substituents is 1. The Kier molecular flexibility index (Phi) is 4.77. The van der Waals surface area contributed by atoms with Crippen molar-refractivity contribution in [1.82, 2.24) is 0 Å². The topological polar surface area (TPSA) is 66.5 Å². The summed E-state index contributed by atoms with van der Waals surface area (Å²) in [5.41, 5.74) is 7.68. The first-order valence-corrected chi connectivity index (χ1v) is 5.76. The van der Waals surface area contributed by atoms with Gasteiger partial charge in [0.2, 0.25) is 0 Å². The minimum atomic E-state index is -0.446. The first-order valence-electron chi connectivity index (χ1n) is 5.76. The Morgan fingerprint density at radius 1 is 1.38 bits per heavy atom. The zero-order chi connectivity index (χ0) is 12.1. The molecule has 0 aliphatic heterocycles. The first kappa shape index (κ1) is 13.0. The van der Waals surface area contributed by atoms with E-state index in [9.17, 15) is 10.2 Å². The molecule has 1 rings (SSSR count). The van der Waals surface area contributed by atoms with Crippen LogP contribution in [-0.4, -0.2) is 22.9 Å². The summed E-state index contributed by atoms with van der Waals surface area (Å²) in [7, 11) is 0. The van der Waals surface area contributed by atoms with E-state index < -0.39 is 6.10 Å². The number of aryl methyl sites for hydroxylation is 1. The monoisotopic (exact) mass is 223 g/mol. The van der Waals surface area contributed by atoms with E-state index in [1.807, 2.05) is 13.0 Å². The largest absolute Gasteiger partial charge is 0.508 e. The number of aliphatic hydroxyl groups excluding tert-OH is 1. The lowest BCUT2D eigenvalue weighted by atomic mass is 9.88. The van der Waals surface area contributed by atoms with Crippen LogP contribution in [0.4, 0.5) is 0 Å². The fourth-order valence-electron chi connectivity index (χ4n) is 2.06. The van der Waals surface area contributed by atoms with Gasteiger partial charge in [-0.15, -0.1) is 0 Å². The van der Waals surface area contributed by atoms with Crippen molar-refractivity contribution in [2.75, 3.05) is 6.54 Å². The Balaban J connectivity index is 2.86. The normalized spacial score (nSPS) is 14.8. The van der Waals surface area contributed by atoms with Crippen LogP contribution in [0.1, 0.15) is 36.8 Å². The molecule has 0 aliphatic carbocycles. The quantitative estimate of drug-likeness (QED) is 0.714. The Hall–Kier alpha value is -1.06. The van der Waals surface area contributed by atoms with Gasteiger partial charge in [-0.3, -0.25) is 0 Å². The molecule has 1 aromatic rings. The second kappa shape index (κ2) is 5.87. The van der Waals surface area contributed by atoms with Gasteiger partial charge in [0.15, 0.2) is 0 Å². The molecule has 0 aliphatic rings. The summed E-state index contributed by atoms with van der Waals surface area (Å²) in [6, 6.07) is 5.38. The number of aliphatic hydroxyl groups is 1. The van der Waals surface area contributed by atoms with Gasteiger partial charge >= 0.3 is 0 Å². The third kappa shape index (κ3) is 3.22. The van der Waals surface area contributed by atoms with Gasteiger partial charge in [0.1, 0.15) is 5.75 Å². The van der Waals surface area contributed by atoms with Gasteiger partial charge < -0.3 is 15.9 Å². The summed E-state index contributed by atoms with van der Waals surface area (Å²) in [5, 5.41) is 18.9. The highest BCUT2D eigenvalue weighted by Crippen LogP contribution is 2.29. The van der Waals surface area contributed by atoms with Crippen LogP contribution in [-0.2, 0) is 0 Å². The van der Waals surface area contributed by atoms with E-state index in [-0.39, 0.29) is 5.75 Å². The fourth-order valence-corrected chi connectivity index (χ4v) is 2.06. The number of hydrogen-bond donors (Lipinski definition) is 3. The van der Waals surface area contributed by atoms with Crippen molar-refractivity contribution in [2.45, 2.75) is 38.7 Å². The minimum absolute atomic E-state index is 0.287. The number of benzene rings is 1. The van der Waals surface area contributed by atoms with E-state index in [1.165, 1.54) is 5.56 Å². The summed E-state index contributed by atoms with van der Waals surface area (Å²) in [4.78, 5) is 0. The number of hydrogen-bond acceptors (Lipinski definition) is 3. The maximum atomic E-state index is 9.59. The highest BCUT2D eigenvalue weighted by atomic mass is 16.3. The van der Waals surface area contributed by atoms with Crippen LogP contribution in [0.3, 0.4) is 0 Å². The van der Waals surface area contributed by atoms with Crippen molar-refractivity contribution in [2.24, 2.45) is 5.73 Å². The third-order valence-electron chi connectivity index (χ3n) is 3.01. The molecule has 0 saturated carbocycles. The molecular formula is C13H21NO2. The van der Waals surface area contributed by atoms with E-state index >= 15 is 0 Å². The van der Waals surface area contributed by atoms with Crippen LogP contribution >= 0.6 is 0 Å². The van der Waals surface area contributed by atoms with Crippen LogP contribution in [0.2, 0.25) is 0 Å². The van der Waals surface area contributed by atoms with Crippen LogP contribution in [0.25, 0.3) is 0 Å². The molecule has 0 spiro atoms. The maximum Gasteiger partial charge on any atom is 0.115 e. The van der Waals surface area contributed by atoms with Gasteiger partial charge in [-0.05, 0) is 48.9 Å². The molecule has 0 bridgehead atoms. The minimum Gasteiger partial charge on any atom is -0.508 e. The smallest absolute Gasteiger partial charge is 0.115 e. The predicted octanol–water partition coefficient (Wildman–Crippen LogP) is 1.90. The molecule has 3 nitrogen and oxygen atoms in total. The molecule has 2 unspecified atom stereocenters. The highest BCUT2D eigenvalue weighted by molar-refractivity contribution is 5.36. The fraction of sp³-hybridized carbons (Fsp3) is 0.538. The van der Waals surface area contributed by atoms with Crippen LogP contribution in [0, 0.1) is 6.92 Å². The highest BCUT2D eigenvalue weighted by Gasteiger charge is 2.15. The van der Waals surface area contributed by atoms with Crippen LogP contribution < -0.4 is 5.73 Å². The number of aromatic hydroxyl groups is 1. The average Bonchev–Trinajstić information content (AvgIpc) is 2.26. The summed E-state index contributed by atoms with van der Waals surface area (Å²) in [6.45, 7) is 4.38. The molecule has 0 fully saturated rings. The van der Waals surface area contributed by atoms with Gasteiger partial charge in [-0.2, -0.15) is 0 Å². The molecule has 4 N–H and O–H groups in total. The lowest BCUT2D eigenvalue weighted by Gasteiger charge is -2.20. The second-order valence-corrected chi connectivity index (χ2v) is 4.27. The number of phenols is 1. The second-order valence-electron chi connectivity index (χ2n) is 4.27. The van der Waals surface area contributed by atoms with Gasteiger partial charge in [0.25, 0.3) is 0 Å².